The molecule has 0 aliphatic heterocycles. The van der Waals surface area contributed by atoms with E-state index in [-0.39, 0.29) is 11.5 Å². The van der Waals surface area contributed by atoms with Crippen molar-refractivity contribution in [1.82, 2.24) is 9.97 Å². The van der Waals surface area contributed by atoms with Gasteiger partial charge in [0, 0.05) is 13.5 Å². The van der Waals surface area contributed by atoms with Gasteiger partial charge < -0.3 is 15.2 Å². The number of aromatic nitrogens is 2. The minimum Gasteiger partial charge on any atom is -0.477 e. The topological polar surface area (TPSA) is 70.3 Å². The Morgan fingerprint density at radius 2 is 2.19 bits per heavy atom. The Labute approximate surface area is 103 Å². The predicted molar refractivity (Wildman–Crippen MR) is 65.3 cm³/mol. The summed E-state index contributed by atoms with van der Waals surface area (Å²) in [5.74, 6) is 0.656. The second-order valence-corrected chi connectivity index (χ2v) is 4.80. The molecule has 0 aromatic carbocycles. The third-order valence-electron chi connectivity index (χ3n) is 2.23. The summed E-state index contributed by atoms with van der Waals surface area (Å²) in [6, 6.07) is 0. The summed E-state index contributed by atoms with van der Waals surface area (Å²) in [6.45, 7) is 4.51. The van der Waals surface area contributed by atoms with Crippen molar-refractivity contribution in [1.29, 1.82) is 0 Å². The zero-order valence-electron chi connectivity index (χ0n) is 9.66. The molecule has 1 rings (SSSR count). The maximum absolute atomic E-state index is 5.50. The fourth-order valence-corrected chi connectivity index (χ4v) is 1.27. The number of hydrogen-bond acceptors (Lipinski definition) is 5. The van der Waals surface area contributed by atoms with Crippen LogP contribution in [-0.4, -0.2) is 29.3 Å². The fraction of sp³-hybridized carbons (Fsp3) is 0.600. The first-order valence-electron chi connectivity index (χ1n) is 4.90. The Morgan fingerprint density at radius 1 is 1.50 bits per heavy atom. The highest BCUT2D eigenvalue weighted by molar-refractivity contribution is 9.10. The number of halogens is 1. The SMILES string of the molecule is COC(C)(C)CCOc1nc(N)ncc1Br. The molecule has 5 nitrogen and oxygen atoms in total. The van der Waals surface area contributed by atoms with Gasteiger partial charge in [-0.05, 0) is 29.8 Å². The Kier molecular flexibility index (Phi) is 4.49. The molecular formula is C10H16BrN3O2. The molecule has 0 saturated carbocycles. The van der Waals surface area contributed by atoms with E-state index in [1.54, 1.807) is 13.3 Å². The molecule has 2 N–H and O–H groups in total. The monoisotopic (exact) mass is 289 g/mol. The van der Waals surface area contributed by atoms with Crippen molar-refractivity contribution in [2.75, 3.05) is 19.5 Å². The van der Waals surface area contributed by atoms with Gasteiger partial charge in [0.15, 0.2) is 0 Å². The van der Waals surface area contributed by atoms with Crippen LogP contribution in [0.5, 0.6) is 5.88 Å². The Hall–Kier alpha value is -0.880. The second kappa shape index (κ2) is 5.45. The molecule has 0 aliphatic rings. The molecule has 16 heavy (non-hydrogen) atoms. The largest absolute Gasteiger partial charge is 0.477 e. The summed E-state index contributed by atoms with van der Waals surface area (Å²) in [5, 5.41) is 0. The summed E-state index contributed by atoms with van der Waals surface area (Å²) in [7, 11) is 1.68. The average Bonchev–Trinajstić information content (AvgIpc) is 2.23. The van der Waals surface area contributed by atoms with Gasteiger partial charge in [0.25, 0.3) is 0 Å². The van der Waals surface area contributed by atoms with E-state index in [1.807, 2.05) is 13.8 Å². The minimum absolute atomic E-state index is 0.198. The number of methoxy groups -OCH3 is 1. The van der Waals surface area contributed by atoms with Crippen molar-refractivity contribution in [3.05, 3.63) is 10.7 Å². The lowest BCUT2D eigenvalue weighted by Crippen LogP contribution is -2.25. The van der Waals surface area contributed by atoms with E-state index in [0.717, 1.165) is 6.42 Å². The van der Waals surface area contributed by atoms with Crippen LogP contribution in [0.3, 0.4) is 0 Å². The van der Waals surface area contributed by atoms with Crippen molar-refractivity contribution < 1.29 is 9.47 Å². The second-order valence-electron chi connectivity index (χ2n) is 3.94. The summed E-state index contributed by atoms with van der Waals surface area (Å²) in [6.07, 6.45) is 2.33. The Morgan fingerprint density at radius 3 is 2.81 bits per heavy atom. The van der Waals surface area contributed by atoms with Crippen molar-refractivity contribution in [2.24, 2.45) is 0 Å². The number of hydrogen-bond donors (Lipinski definition) is 1. The Balaban J connectivity index is 2.52. The Bertz CT molecular complexity index is 358. The maximum Gasteiger partial charge on any atom is 0.232 e. The van der Waals surface area contributed by atoms with Crippen LogP contribution >= 0.6 is 15.9 Å². The van der Waals surface area contributed by atoms with Gasteiger partial charge in [-0.1, -0.05) is 0 Å². The molecule has 1 aromatic heterocycles. The molecule has 6 heteroatoms. The highest BCUT2D eigenvalue weighted by Gasteiger charge is 2.16. The third-order valence-corrected chi connectivity index (χ3v) is 2.77. The van der Waals surface area contributed by atoms with Gasteiger partial charge in [-0.3, -0.25) is 0 Å². The molecule has 1 heterocycles. The van der Waals surface area contributed by atoms with Gasteiger partial charge >= 0.3 is 0 Å². The molecule has 0 unspecified atom stereocenters. The van der Waals surface area contributed by atoms with Crippen LogP contribution in [0.15, 0.2) is 10.7 Å². The molecule has 0 aliphatic carbocycles. The zero-order chi connectivity index (χ0) is 12.2. The van der Waals surface area contributed by atoms with Crippen LogP contribution < -0.4 is 10.5 Å². The molecule has 0 atom stereocenters. The van der Waals surface area contributed by atoms with E-state index in [4.69, 9.17) is 15.2 Å². The quantitative estimate of drug-likeness (QED) is 0.898. The lowest BCUT2D eigenvalue weighted by Gasteiger charge is -2.22. The standard InChI is InChI=1S/C10H16BrN3O2/c1-10(2,15-3)4-5-16-8-7(11)6-13-9(12)14-8/h6H,4-5H2,1-3H3,(H2,12,13,14). The van der Waals surface area contributed by atoms with Crippen LogP contribution in [0.4, 0.5) is 5.95 Å². The van der Waals surface area contributed by atoms with E-state index in [9.17, 15) is 0 Å². The van der Waals surface area contributed by atoms with Gasteiger partial charge in [-0.25, -0.2) is 4.98 Å². The number of anilines is 1. The zero-order valence-corrected chi connectivity index (χ0v) is 11.2. The number of nitrogen functional groups attached to an aromatic ring is 1. The van der Waals surface area contributed by atoms with Crippen molar-refractivity contribution in [3.63, 3.8) is 0 Å². The molecule has 0 bridgehead atoms. The highest BCUT2D eigenvalue weighted by Crippen LogP contribution is 2.22. The number of ether oxygens (including phenoxy) is 2. The van der Waals surface area contributed by atoms with Crippen LogP contribution in [0, 0.1) is 0 Å². The summed E-state index contributed by atoms with van der Waals surface area (Å²) in [4.78, 5) is 7.80. The van der Waals surface area contributed by atoms with Crippen molar-refractivity contribution >= 4 is 21.9 Å². The smallest absolute Gasteiger partial charge is 0.232 e. The van der Waals surface area contributed by atoms with Crippen molar-refractivity contribution in [3.8, 4) is 5.88 Å². The van der Waals surface area contributed by atoms with E-state index in [1.165, 1.54) is 0 Å². The lowest BCUT2D eigenvalue weighted by molar-refractivity contribution is 0.00502. The summed E-state index contributed by atoms with van der Waals surface area (Å²) in [5.41, 5.74) is 5.26. The number of nitrogens with two attached hydrogens (primary N) is 1. The summed E-state index contributed by atoms with van der Waals surface area (Å²) >= 11 is 3.29. The van der Waals surface area contributed by atoms with Gasteiger partial charge in [0.05, 0.1) is 22.9 Å². The van der Waals surface area contributed by atoms with Crippen LogP contribution in [0.1, 0.15) is 20.3 Å². The molecule has 0 spiro atoms. The molecular weight excluding hydrogens is 274 g/mol. The predicted octanol–water partition coefficient (Wildman–Crippen LogP) is 2.02. The lowest BCUT2D eigenvalue weighted by atomic mass is 10.1. The fourth-order valence-electron chi connectivity index (χ4n) is 0.961. The molecule has 0 amide bonds. The molecule has 0 fully saturated rings. The first-order chi connectivity index (χ1) is 7.44. The van der Waals surface area contributed by atoms with Gasteiger partial charge in [-0.15, -0.1) is 0 Å². The highest BCUT2D eigenvalue weighted by atomic mass is 79.9. The van der Waals surface area contributed by atoms with E-state index in [2.05, 4.69) is 25.9 Å². The van der Waals surface area contributed by atoms with Crippen LogP contribution in [-0.2, 0) is 4.74 Å². The van der Waals surface area contributed by atoms with E-state index >= 15 is 0 Å². The minimum atomic E-state index is -0.203. The third kappa shape index (κ3) is 3.94. The van der Waals surface area contributed by atoms with E-state index < -0.39 is 0 Å². The number of nitrogens with zero attached hydrogens (tertiary/aromatic N) is 2. The van der Waals surface area contributed by atoms with Crippen LogP contribution in [0.2, 0.25) is 0 Å². The van der Waals surface area contributed by atoms with Crippen LogP contribution in [0.25, 0.3) is 0 Å². The van der Waals surface area contributed by atoms with Gasteiger partial charge in [-0.2, -0.15) is 4.98 Å². The van der Waals surface area contributed by atoms with Gasteiger partial charge in [0.1, 0.15) is 0 Å². The maximum atomic E-state index is 5.50. The number of rotatable bonds is 5. The first kappa shape index (κ1) is 13.2. The molecule has 0 radical (unpaired) electrons. The molecule has 1 aromatic rings. The average molecular weight is 290 g/mol. The molecule has 90 valence electrons. The molecule has 0 saturated heterocycles. The first-order valence-corrected chi connectivity index (χ1v) is 5.70. The normalized spacial score (nSPS) is 11.5. The summed E-state index contributed by atoms with van der Waals surface area (Å²) < 4.78 is 11.5. The van der Waals surface area contributed by atoms with E-state index in [0.29, 0.717) is 17.0 Å². The van der Waals surface area contributed by atoms with Crippen molar-refractivity contribution in [2.45, 2.75) is 25.9 Å². The van der Waals surface area contributed by atoms with Gasteiger partial charge in [0.2, 0.25) is 11.8 Å².